The minimum absolute atomic E-state index is 0.177. The van der Waals surface area contributed by atoms with Crippen LogP contribution in [-0.4, -0.2) is 20.3 Å². The zero-order chi connectivity index (χ0) is 19.5. The standard InChI is InChI=1S/C22H19ClN4O/c1-16-20(21(28)24-15-17-8-7-9-18(23)14-17)22(26-12-5-6-13-26)27(25-16)19-10-3-2-4-11-19/h2-14H,15H2,1H3,(H,24,28). The van der Waals surface area contributed by atoms with E-state index in [1.807, 2.05) is 90.6 Å². The van der Waals surface area contributed by atoms with Gasteiger partial charge in [-0.15, -0.1) is 0 Å². The number of para-hydroxylation sites is 1. The highest BCUT2D eigenvalue weighted by atomic mass is 35.5. The molecule has 0 atom stereocenters. The molecule has 4 rings (SSSR count). The van der Waals surface area contributed by atoms with Crippen molar-refractivity contribution in [2.45, 2.75) is 13.5 Å². The molecule has 0 aliphatic carbocycles. The highest BCUT2D eigenvalue weighted by Crippen LogP contribution is 2.23. The molecule has 0 spiro atoms. The monoisotopic (exact) mass is 390 g/mol. The van der Waals surface area contributed by atoms with Crippen LogP contribution >= 0.6 is 11.6 Å². The number of rotatable bonds is 5. The number of halogens is 1. The average Bonchev–Trinajstić information content (AvgIpc) is 3.34. The molecular weight excluding hydrogens is 372 g/mol. The average molecular weight is 391 g/mol. The van der Waals surface area contributed by atoms with Crippen molar-refractivity contribution in [1.29, 1.82) is 0 Å². The lowest BCUT2D eigenvalue weighted by Gasteiger charge is -2.11. The van der Waals surface area contributed by atoms with E-state index in [4.69, 9.17) is 11.6 Å². The SMILES string of the molecule is Cc1nn(-c2ccccc2)c(-n2cccc2)c1C(=O)NCc1cccc(Cl)c1. The molecule has 0 unspecified atom stereocenters. The molecule has 1 N–H and O–H groups in total. The Hall–Kier alpha value is -3.31. The summed E-state index contributed by atoms with van der Waals surface area (Å²) in [7, 11) is 0. The second-order valence-corrected chi connectivity index (χ2v) is 6.87. The number of aromatic nitrogens is 3. The Morgan fingerprint density at radius 3 is 2.50 bits per heavy atom. The van der Waals surface area contributed by atoms with Crippen LogP contribution in [0.1, 0.15) is 21.6 Å². The van der Waals surface area contributed by atoms with Crippen molar-refractivity contribution in [2.24, 2.45) is 0 Å². The fourth-order valence-electron chi connectivity index (χ4n) is 3.16. The molecule has 5 nitrogen and oxygen atoms in total. The Morgan fingerprint density at radius 1 is 1.04 bits per heavy atom. The van der Waals surface area contributed by atoms with Crippen LogP contribution < -0.4 is 5.32 Å². The predicted octanol–water partition coefficient (Wildman–Crippen LogP) is 4.55. The largest absolute Gasteiger partial charge is 0.348 e. The summed E-state index contributed by atoms with van der Waals surface area (Å²) in [6.45, 7) is 2.24. The molecule has 0 fully saturated rings. The van der Waals surface area contributed by atoms with Gasteiger partial charge in [-0.2, -0.15) is 5.10 Å². The molecule has 0 bridgehead atoms. The molecule has 6 heteroatoms. The Bertz CT molecular complexity index is 1100. The van der Waals surface area contributed by atoms with E-state index in [2.05, 4.69) is 10.4 Å². The third kappa shape index (κ3) is 3.57. The quantitative estimate of drug-likeness (QED) is 0.543. The van der Waals surface area contributed by atoms with Gasteiger partial charge in [0.05, 0.1) is 11.4 Å². The summed E-state index contributed by atoms with van der Waals surface area (Å²) in [6, 6.07) is 21.1. The number of hydrogen-bond donors (Lipinski definition) is 1. The normalized spacial score (nSPS) is 10.8. The number of carbonyl (C=O) groups is 1. The Balaban J connectivity index is 1.72. The van der Waals surface area contributed by atoms with Crippen molar-refractivity contribution in [3.8, 4) is 11.5 Å². The third-order valence-electron chi connectivity index (χ3n) is 4.45. The van der Waals surface area contributed by atoms with Crippen molar-refractivity contribution in [1.82, 2.24) is 19.7 Å². The van der Waals surface area contributed by atoms with E-state index in [0.717, 1.165) is 11.3 Å². The number of benzene rings is 2. The summed E-state index contributed by atoms with van der Waals surface area (Å²) in [6.07, 6.45) is 3.81. The van der Waals surface area contributed by atoms with E-state index in [1.54, 1.807) is 4.68 Å². The van der Waals surface area contributed by atoms with Crippen molar-refractivity contribution in [2.75, 3.05) is 0 Å². The second-order valence-electron chi connectivity index (χ2n) is 6.43. The summed E-state index contributed by atoms with van der Waals surface area (Å²) in [5, 5.41) is 8.27. The van der Waals surface area contributed by atoms with Gasteiger partial charge >= 0.3 is 0 Å². The molecule has 2 aromatic heterocycles. The van der Waals surface area contributed by atoms with Gasteiger partial charge in [0.25, 0.3) is 5.91 Å². The molecule has 0 radical (unpaired) electrons. The first-order valence-electron chi connectivity index (χ1n) is 8.94. The summed E-state index contributed by atoms with van der Waals surface area (Å²) >= 11 is 6.04. The lowest BCUT2D eigenvalue weighted by Crippen LogP contribution is -2.24. The van der Waals surface area contributed by atoms with Crippen LogP contribution in [0.3, 0.4) is 0 Å². The third-order valence-corrected chi connectivity index (χ3v) is 4.69. The van der Waals surface area contributed by atoms with E-state index in [-0.39, 0.29) is 5.91 Å². The lowest BCUT2D eigenvalue weighted by molar-refractivity contribution is 0.0950. The summed E-state index contributed by atoms with van der Waals surface area (Å²) in [5.74, 6) is 0.528. The van der Waals surface area contributed by atoms with Crippen molar-refractivity contribution >= 4 is 17.5 Å². The number of aryl methyl sites for hydroxylation is 1. The van der Waals surface area contributed by atoms with Gasteiger partial charge in [0.1, 0.15) is 5.56 Å². The number of amides is 1. The Morgan fingerprint density at radius 2 is 1.79 bits per heavy atom. The van der Waals surface area contributed by atoms with E-state index >= 15 is 0 Å². The molecule has 4 aromatic rings. The molecule has 0 aliphatic rings. The molecule has 140 valence electrons. The molecule has 0 saturated carbocycles. The smallest absolute Gasteiger partial charge is 0.257 e. The molecule has 0 aliphatic heterocycles. The Kier molecular flexibility index (Phi) is 5.00. The molecular formula is C22H19ClN4O. The van der Waals surface area contributed by atoms with Gasteiger partial charge in [0, 0.05) is 24.0 Å². The van der Waals surface area contributed by atoms with Gasteiger partial charge in [0.2, 0.25) is 0 Å². The van der Waals surface area contributed by atoms with E-state index in [1.165, 1.54) is 0 Å². The first kappa shape index (κ1) is 18.1. The fraction of sp³-hybridized carbons (Fsp3) is 0.0909. The van der Waals surface area contributed by atoms with Crippen LogP contribution in [0.5, 0.6) is 0 Å². The fourth-order valence-corrected chi connectivity index (χ4v) is 3.37. The zero-order valence-electron chi connectivity index (χ0n) is 15.3. The van der Waals surface area contributed by atoms with Gasteiger partial charge in [-0.1, -0.05) is 41.9 Å². The van der Waals surface area contributed by atoms with E-state index in [9.17, 15) is 4.79 Å². The van der Waals surface area contributed by atoms with Crippen LogP contribution in [0.2, 0.25) is 5.02 Å². The number of carbonyl (C=O) groups excluding carboxylic acids is 1. The van der Waals surface area contributed by atoms with Gasteiger partial charge < -0.3 is 9.88 Å². The van der Waals surface area contributed by atoms with Crippen LogP contribution in [-0.2, 0) is 6.54 Å². The summed E-state index contributed by atoms with van der Waals surface area (Å²) in [5.41, 5.74) is 3.04. The van der Waals surface area contributed by atoms with Gasteiger partial charge in [-0.25, -0.2) is 4.68 Å². The van der Waals surface area contributed by atoms with Gasteiger partial charge in [-0.05, 0) is 48.9 Å². The maximum Gasteiger partial charge on any atom is 0.257 e. The van der Waals surface area contributed by atoms with Crippen LogP contribution in [0.25, 0.3) is 11.5 Å². The summed E-state index contributed by atoms with van der Waals surface area (Å²) in [4.78, 5) is 13.1. The molecule has 0 saturated heterocycles. The maximum atomic E-state index is 13.1. The molecule has 2 aromatic carbocycles. The van der Waals surface area contributed by atoms with Crippen LogP contribution in [0.15, 0.2) is 79.1 Å². The number of nitrogens with zero attached hydrogens (tertiary/aromatic N) is 3. The minimum Gasteiger partial charge on any atom is -0.348 e. The number of hydrogen-bond acceptors (Lipinski definition) is 2. The van der Waals surface area contributed by atoms with Crippen LogP contribution in [0.4, 0.5) is 0 Å². The maximum absolute atomic E-state index is 13.1. The Labute approximate surface area is 168 Å². The van der Waals surface area contributed by atoms with Crippen LogP contribution in [0, 0.1) is 6.92 Å². The van der Waals surface area contributed by atoms with Gasteiger partial charge in [0.15, 0.2) is 5.82 Å². The zero-order valence-corrected chi connectivity index (χ0v) is 16.1. The topological polar surface area (TPSA) is 51.9 Å². The van der Waals surface area contributed by atoms with Crippen molar-refractivity contribution < 1.29 is 4.79 Å². The number of nitrogens with one attached hydrogen (secondary N) is 1. The minimum atomic E-state index is -0.177. The highest BCUT2D eigenvalue weighted by molar-refractivity contribution is 6.30. The van der Waals surface area contributed by atoms with Crippen molar-refractivity contribution in [3.05, 3.63) is 101 Å². The first-order valence-corrected chi connectivity index (χ1v) is 9.32. The molecule has 2 heterocycles. The molecule has 1 amide bonds. The van der Waals surface area contributed by atoms with E-state index in [0.29, 0.717) is 28.6 Å². The van der Waals surface area contributed by atoms with Gasteiger partial charge in [-0.3, -0.25) is 4.79 Å². The van der Waals surface area contributed by atoms with Crippen molar-refractivity contribution in [3.63, 3.8) is 0 Å². The molecule has 28 heavy (non-hydrogen) atoms. The second kappa shape index (κ2) is 7.74. The lowest BCUT2D eigenvalue weighted by atomic mass is 10.2. The highest BCUT2D eigenvalue weighted by Gasteiger charge is 2.23. The first-order chi connectivity index (χ1) is 13.6. The summed E-state index contributed by atoms with van der Waals surface area (Å²) < 4.78 is 3.70. The van der Waals surface area contributed by atoms with E-state index < -0.39 is 0 Å². The predicted molar refractivity (Wildman–Crippen MR) is 110 cm³/mol.